The van der Waals surface area contributed by atoms with Crippen molar-refractivity contribution >= 4 is 11.9 Å². The van der Waals surface area contributed by atoms with Gasteiger partial charge in [-0.25, -0.2) is 0 Å². The molecule has 0 aliphatic rings. The summed E-state index contributed by atoms with van der Waals surface area (Å²) in [5.41, 5.74) is 22.5. The molecule has 0 heterocycles. The van der Waals surface area contributed by atoms with Crippen LogP contribution in [-0.2, 0) is 11.2 Å². The van der Waals surface area contributed by atoms with Gasteiger partial charge in [0.1, 0.15) is 6.04 Å². The molecular formula is C16H29N5O2. The molecule has 0 spiro atoms. The number of aliphatic carboxylic acids is 1. The molecule has 1 rings (SSSR count). The molecule has 1 aromatic rings. The van der Waals surface area contributed by atoms with Crippen molar-refractivity contribution in [1.82, 2.24) is 0 Å². The lowest BCUT2D eigenvalue weighted by Gasteiger charge is -2.04. The molecule has 9 N–H and O–H groups in total. The molecule has 130 valence electrons. The van der Waals surface area contributed by atoms with E-state index in [2.05, 4.69) is 22.2 Å². The summed E-state index contributed by atoms with van der Waals surface area (Å²) in [5.74, 6) is -0.660. The van der Waals surface area contributed by atoms with Crippen LogP contribution in [0.1, 0.15) is 31.7 Å². The second-order valence-electron chi connectivity index (χ2n) is 5.39. The van der Waals surface area contributed by atoms with Gasteiger partial charge in [0.25, 0.3) is 1.43 Å². The number of unbranched alkanes of at least 4 members (excludes halogenated alkanes) is 1. The van der Waals surface area contributed by atoms with Gasteiger partial charge in [-0.3, -0.25) is 9.79 Å². The van der Waals surface area contributed by atoms with Gasteiger partial charge in [0, 0.05) is 12.6 Å². The fraction of sp³-hybridized carbons (Fsp3) is 0.500. The third-order valence-electron chi connectivity index (χ3n) is 2.92. The molecule has 0 saturated carbocycles. The van der Waals surface area contributed by atoms with Crippen LogP contribution >= 0.6 is 0 Å². The summed E-state index contributed by atoms with van der Waals surface area (Å²) >= 11 is 0. The number of rotatable bonds is 8. The van der Waals surface area contributed by atoms with Gasteiger partial charge in [-0.2, -0.15) is 0 Å². The summed E-state index contributed by atoms with van der Waals surface area (Å²) in [7, 11) is 0. The normalized spacial score (nSPS) is 12.9. The van der Waals surface area contributed by atoms with Crippen LogP contribution in [0.15, 0.2) is 35.3 Å². The standard InChI is InChI=1S/C9H13N.C7H16N4O2/c1-8(10)7-9-5-3-2-4-6-9;8-5(6(12)13)3-1-2-4-11-7(9)10/h2-6,8H,7,10H2,1H3;5H,1-4,8H2,(H,12,13)(H4,9,10,11)/i/hD. The molecule has 7 nitrogen and oxygen atoms in total. The summed E-state index contributed by atoms with van der Waals surface area (Å²) in [4.78, 5) is 14.4. The van der Waals surface area contributed by atoms with Gasteiger partial charge in [-0.05, 0) is 38.2 Å². The highest BCUT2D eigenvalue weighted by atomic mass is 16.4. The lowest BCUT2D eigenvalue weighted by atomic mass is 10.1. The van der Waals surface area contributed by atoms with Crippen molar-refractivity contribution in [2.75, 3.05) is 6.54 Å². The van der Waals surface area contributed by atoms with Crippen molar-refractivity contribution in [3.8, 4) is 0 Å². The van der Waals surface area contributed by atoms with Gasteiger partial charge in [0.2, 0.25) is 0 Å². The Morgan fingerprint density at radius 3 is 2.43 bits per heavy atom. The third kappa shape index (κ3) is 13.3. The maximum absolute atomic E-state index is 10.7. The van der Waals surface area contributed by atoms with E-state index in [0.29, 0.717) is 19.4 Å². The zero-order valence-corrected chi connectivity index (χ0v) is 13.7. The number of aliphatic imine (C=N–C) groups is 1. The average molecular weight is 324 g/mol. The van der Waals surface area contributed by atoms with Crippen LogP contribution < -0.4 is 22.9 Å². The zero-order valence-electron chi connectivity index (χ0n) is 14.7. The molecule has 2 unspecified atom stereocenters. The Labute approximate surface area is 139 Å². The minimum Gasteiger partial charge on any atom is -0.480 e. The number of hydrogen-bond donors (Lipinski definition) is 5. The van der Waals surface area contributed by atoms with Crippen molar-refractivity contribution in [2.45, 2.75) is 44.7 Å². The Morgan fingerprint density at radius 1 is 1.26 bits per heavy atom. The van der Waals surface area contributed by atoms with Gasteiger partial charge in [0.15, 0.2) is 5.96 Å². The second-order valence-corrected chi connectivity index (χ2v) is 5.39. The van der Waals surface area contributed by atoms with Crippen molar-refractivity contribution in [1.29, 1.82) is 1.43 Å². The number of carboxylic acid groups (broad SMARTS) is 1. The molecule has 0 aliphatic heterocycles. The summed E-state index contributed by atoms with van der Waals surface area (Å²) in [6.45, 7) is 2.54. The Kier molecular flexibility index (Phi) is 10.2. The van der Waals surface area contributed by atoms with Crippen molar-refractivity contribution < 1.29 is 9.90 Å². The summed E-state index contributed by atoms with van der Waals surface area (Å²) < 4.78 is 6.33. The Hall–Kier alpha value is -2.12. The number of nitrogens with zero attached hydrogens (tertiary/aromatic N) is 1. The molecule has 23 heavy (non-hydrogen) atoms. The highest BCUT2D eigenvalue weighted by Crippen LogP contribution is 2.00. The van der Waals surface area contributed by atoms with Gasteiger partial charge >= 0.3 is 5.97 Å². The molecule has 0 aromatic heterocycles. The van der Waals surface area contributed by atoms with E-state index in [9.17, 15) is 4.79 Å². The van der Waals surface area contributed by atoms with Gasteiger partial charge in [0.05, 0.1) is 0 Å². The predicted octanol–water partition coefficient (Wildman–Crippen LogP) is 0.418. The van der Waals surface area contributed by atoms with E-state index in [0.717, 1.165) is 12.8 Å². The molecule has 2 atom stereocenters. The van der Waals surface area contributed by atoms with E-state index < -0.39 is 12.0 Å². The van der Waals surface area contributed by atoms with Crippen LogP contribution in [0.3, 0.4) is 0 Å². The molecule has 0 aliphatic carbocycles. The Bertz CT molecular complexity index is 479. The second kappa shape index (κ2) is 12.4. The van der Waals surface area contributed by atoms with E-state index >= 15 is 0 Å². The summed E-state index contributed by atoms with van der Waals surface area (Å²) in [6.07, 6.45) is 2.91. The van der Waals surface area contributed by atoms with Crippen LogP contribution in [0, 0.1) is 0 Å². The molecule has 0 saturated heterocycles. The number of hydrogen-bond acceptors (Lipinski definition) is 5. The molecule has 0 fully saturated rings. The maximum atomic E-state index is 10.7. The zero-order chi connectivity index (χ0) is 18.4. The minimum absolute atomic E-state index is 0.0554. The molecule has 0 radical (unpaired) electrons. The fourth-order valence-electron chi connectivity index (χ4n) is 1.79. The summed E-state index contributed by atoms with van der Waals surface area (Å²) in [6, 6.07) is 9.83. The number of guanidine groups is 1. The van der Waals surface area contributed by atoms with Gasteiger partial charge in [-0.15, -0.1) is 0 Å². The fourth-order valence-corrected chi connectivity index (χ4v) is 1.79. The number of carbonyl (C=O) groups is 1. The molecule has 7 heteroatoms. The SMILES string of the molecule is CC(N)Cc1ccccc1.[2H]OC(=O)C(N)CCCCN=C(N)N. The van der Waals surface area contributed by atoms with E-state index in [4.69, 9.17) is 24.4 Å². The average Bonchev–Trinajstić information content (AvgIpc) is 2.54. The van der Waals surface area contributed by atoms with Crippen molar-refractivity contribution in [3.05, 3.63) is 35.9 Å². The highest BCUT2D eigenvalue weighted by molar-refractivity contribution is 5.75. The van der Waals surface area contributed by atoms with Gasteiger partial charge in [-0.1, -0.05) is 30.3 Å². The maximum Gasteiger partial charge on any atom is 0.320 e. The lowest BCUT2D eigenvalue weighted by molar-refractivity contribution is -0.138. The first-order valence-corrected chi connectivity index (χ1v) is 7.64. The predicted molar refractivity (Wildman–Crippen MR) is 93.9 cm³/mol. The van der Waals surface area contributed by atoms with Crippen LogP contribution in [0.5, 0.6) is 0 Å². The molecule has 1 aromatic carbocycles. The van der Waals surface area contributed by atoms with E-state index in [-0.39, 0.29) is 12.0 Å². The number of nitrogens with two attached hydrogens (primary N) is 4. The monoisotopic (exact) mass is 324 g/mol. The minimum atomic E-state index is -0.730. The van der Waals surface area contributed by atoms with Crippen LogP contribution in [-0.4, -0.2) is 35.7 Å². The quantitative estimate of drug-likeness (QED) is 0.265. The first-order valence-electron chi connectivity index (χ1n) is 8.05. The van der Waals surface area contributed by atoms with Crippen LogP contribution in [0.2, 0.25) is 0 Å². The Morgan fingerprint density at radius 2 is 1.91 bits per heavy atom. The molecule has 0 bridgehead atoms. The van der Waals surface area contributed by atoms with Crippen LogP contribution in [0.4, 0.5) is 0 Å². The lowest BCUT2D eigenvalue weighted by Crippen LogP contribution is -2.29. The smallest absolute Gasteiger partial charge is 0.320 e. The number of carboxylic acids is 1. The Balaban J connectivity index is 0.000000463. The first-order chi connectivity index (χ1) is 11.4. The third-order valence-corrected chi connectivity index (χ3v) is 2.92. The van der Waals surface area contributed by atoms with E-state index in [1.807, 2.05) is 25.1 Å². The first kappa shape index (κ1) is 18.9. The summed E-state index contributed by atoms with van der Waals surface area (Å²) in [5, 5.41) is 3.73. The van der Waals surface area contributed by atoms with Crippen LogP contribution in [0.25, 0.3) is 1.43 Å². The van der Waals surface area contributed by atoms with Crippen molar-refractivity contribution in [2.24, 2.45) is 27.9 Å². The molecular weight excluding hydrogens is 294 g/mol. The van der Waals surface area contributed by atoms with E-state index in [1.165, 1.54) is 5.56 Å². The topological polar surface area (TPSA) is 154 Å². The molecule has 0 amide bonds. The van der Waals surface area contributed by atoms with E-state index in [1.54, 1.807) is 0 Å². The van der Waals surface area contributed by atoms with Gasteiger partial charge < -0.3 is 28.0 Å². The largest absolute Gasteiger partial charge is 0.480 e. The highest BCUT2D eigenvalue weighted by Gasteiger charge is 2.09. The van der Waals surface area contributed by atoms with Crippen molar-refractivity contribution in [3.63, 3.8) is 0 Å². The number of benzene rings is 1.